The molecular formula is C8H20N2O. The largest absolute Gasteiger partial charge is 0.380 e. The molecule has 0 fully saturated rings. The minimum Gasteiger partial charge on any atom is -0.380 e. The summed E-state index contributed by atoms with van der Waals surface area (Å²) in [5, 5.41) is 6.13. The zero-order valence-corrected chi connectivity index (χ0v) is 7.65. The van der Waals surface area contributed by atoms with Crippen LogP contribution < -0.4 is 10.6 Å². The minimum atomic E-state index is 0.829. The molecule has 0 aliphatic rings. The first-order valence-corrected chi connectivity index (χ1v) is 4.28. The van der Waals surface area contributed by atoms with Gasteiger partial charge in [0.1, 0.15) is 0 Å². The fourth-order valence-electron chi connectivity index (χ4n) is 0.782. The van der Waals surface area contributed by atoms with E-state index in [1.165, 1.54) is 6.42 Å². The lowest BCUT2D eigenvalue weighted by Gasteiger charge is -2.02. The summed E-state index contributed by atoms with van der Waals surface area (Å²) in [5.74, 6) is 0. The van der Waals surface area contributed by atoms with Crippen molar-refractivity contribution in [3.05, 3.63) is 0 Å². The topological polar surface area (TPSA) is 33.3 Å². The molecule has 68 valence electrons. The van der Waals surface area contributed by atoms with E-state index >= 15 is 0 Å². The van der Waals surface area contributed by atoms with Crippen LogP contribution in [0.2, 0.25) is 0 Å². The molecule has 0 aliphatic heterocycles. The van der Waals surface area contributed by atoms with Crippen LogP contribution in [0.1, 0.15) is 12.8 Å². The van der Waals surface area contributed by atoms with Crippen LogP contribution in [0, 0.1) is 0 Å². The SMILES string of the molecule is CNCCCCOCCNC. The molecule has 0 rings (SSSR count). The van der Waals surface area contributed by atoms with Gasteiger partial charge in [-0.3, -0.25) is 0 Å². The van der Waals surface area contributed by atoms with Crippen molar-refractivity contribution in [2.75, 3.05) is 40.4 Å². The molecule has 3 heteroatoms. The van der Waals surface area contributed by atoms with Gasteiger partial charge in [0.25, 0.3) is 0 Å². The van der Waals surface area contributed by atoms with Crippen LogP contribution in [0.15, 0.2) is 0 Å². The molecule has 2 N–H and O–H groups in total. The lowest BCUT2D eigenvalue weighted by molar-refractivity contribution is 0.133. The summed E-state index contributed by atoms with van der Waals surface area (Å²) in [6, 6.07) is 0. The Morgan fingerprint density at radius 1 is 0.909 bits per heavy atom. The average molecular weight is 160 g/mol. The van der Waals surface area contributed by atoms with E-state index in [1.807, 2.05) is 14.1 Å². The molecule has 3 nitrogen and oxygen atoms in total. The van der Waals surface area contributed by atoms with Gasteiger partial charge in [-0.1, -0.05) is 0 Å². The summed E-state index contributed by atoms with van der Waals surface area (Å²) in [6.07, 6.45) is 2.36. The number of likely N-dealkylation sites (N-methyl/N-ethyl adjacent to an activating group) is 1. The van der Waals surface area contributed by atoms with Gasteiger partial charge in [0.2, 0.25) is 0 Å². The van der Waals surface area contributed by atoms with Crippen molar-refractivity contribution >= 4 is 0 Å². The number of hydrogen-bond donors (Lipinski definition) is 2. The summed E-state index contributed by atoms with van der Waals surface area (Å²) < 4.78 is 5.33. The molecular weight excluding hydrogens is 140 g/mol. The van der Waals surface area contributed by atoms with Crippen LogP contribution in [0.5, 0.6) is 0 Å². The molecule has 0 atom stereocenters. The molecule has 0 aromatic carbocycles. The Bertz CT molecular complexity index is 61.1. The summed E-state index contributed by atoms with van der Waals surface area (Å²) in [4.78, 5) is 0. The fourth-order valence-corrected chi connectivity index (χ4v) is 0.782. The van der Waals surface area contributed by atoms with Gasteiger partial charge in [0.15, 0.2) is 0 Å². The second-order valence-corrected chi connectivity index (χ2v) is 2.53. The zero-order chi connectivity index (χ0) is 8.36. The Kier molecular flexibility index (Phi) is 9.77. The average Bonchev–Trinajstić information content (AvgIpc) is 2.03. The van der Waals surface area contributed by atoms with E-state index in [-0.39, 0.29) is 0 Å². The number of unbranched alkanes of at least 4 members (excludes halogenated alkanes) is 1. The van der Waals surface area contributed by atoms with Crippen molar-refractivity contribution in [1.82, 2.24) is 10.6 Å². The Morgan fingerprint density at radius 2 is 1.64 bits per heavy atom. The van der Waals surface area contributed by atoms with Crippen molar-refractivity contribution in [3.63, 3.8) is 0 Å². The molecule has 0 radical (unpaired) electrons. The van der Waals surface area contributed by atoms with Gasteiger partial charge >= 0.3 is 0 Å². The third-order valence-electron chi connectivity index (χ3n) is 1.46. The van der Waals surface area contributed by atoms with Crippen LogP contribution in [0.3, 0.4) is 0 Å². The van der Waals surface area contributed by atoms with E-state index in [1.54, 1.807) is 0 Å². The molecule has 0 aliphatic carbocycles. The van der Waals surface area contributed by atoms with Crippen molar-refractivity contribution in [2.24, 2.45) is 0 Å². The maximum absolute atomic E-state index is 5.33. The molecule has 0 heterocycles. The first-order valence-electron chi connectivity index (χ1n) is 4.28. The van der Waals surface area contributed by atoms with E-state index in [0.717, 1.165) is 32.7 Å². The third-order valence-corrected chi connectivity index (χ3v) is 1.46. The smallest absolute Gasteiger partial charge is 0.0590 e. The highest BCUT2D eigenvalue weighted by Gasteiger charge is 1.87. The van der Waals surface area contributed by atoms with Gasteiger partial charge in [0, 0.05) is 13.2 Å². The maximum Gasteiger partial charge on any atom is 0.0590 e. The molecule has 0 spiro atoms. The van der Waals surface area contributed by atoms with Gasteiger partial charge in [0.05, 0.1) is 6.61 Å². The van der Waals surface area contributed by atoms with E-state index in [0.29, 0.717) is 0 Å². The highest BCUT2D eigenvalue weighted by atomic mass is 16.5. The first kappa shape index (κ1) is 10.9. The van der Waals surface area contributed by atoms with Crippen molar-refractivity contribution in [3.8, 4) is 0 Å². The number of hydrogen-bond acceptors (Lipinski definition) is 3. The van der Waals surface area contributed by atoms with Crippen LogP contribution in [0.25, 0.3) is 0 Å². The molecule has 0 saturated carbocycles. The van der Waals surface area contributed by atoms with E-state index in [4.69, 9.17) is 4.74 Å². The van der Waals surface area contributed by atoms with E-state index in [9.17, 15) is 0 Å². The van der Waals surface area contributed by atoms with Gasteiger partial charge in [-0.2, -0.15) is 0 Å². The van der Waals surface area contributed by atoms with Crippen molar-refractivity contribution < 1.29 is 4.74 Å². The second kappa shape index (κ2) is 9.88. The summed E-state index contributed by atoms with van der Waals surface area (Å²) in [7, 11) is 3.91. The van der Waals surface area contributed by atoms with Gasteiger partial charge < -0.3 is 15.4 Å². The number of rotatable bonds is 8. The standard InChI is InChI=1S/C8H20N2O/c1-9-5-3-4-7-11-8-6-10-2/h9-10H,3-8H2,1-2H3. The van der Waals surface area contributed by atoms with Gasteiger partial charge in [-0.05, 0) is 33.5 Å². The summed E-state index contributed by atoms with van der Waals surface area (Å²) in [6.45, 7) is 3.76. The Balaban J connectivity index is 2.69. The summed E-state index contributed by atoms with van der Waals surface area (Å²) in [5.41, 5.74) is 0. The first-order chi connectivity index (χ1) is 5.41. The predicted molar refractivity (Wildman–Crippen MR) is 47.9 cm³/mol. The van der Waals surface area contributed by atoms with Crippen LogP contribution in [0.4, 0.5) is 0 Å². The van der Waals surface area contributed by atoms with Crippen LogP contribution >= 0.6 is 0 Å². The molecule has 11 heavy (non-hydrogen) atoms. The lowest BCUT2D eigenvalue weighted by atomic mass is 10.3. The quantitative estimate of drug-likeness (QED) is 0.498. The van der Waals surface area contributed by atoms with Crippen LogP contribution in [-0.2, 0) is 4.74 Å². The van der Waals surface area contributed by atoms with E-state index in [2.05, 4.69) is 10.6 Å². The molecule has 0 saturated heterocycles. The fraction of sp³-hybridized carbons (Fsp3) is 1.00. The summed E-state index contributed by atoms with van der Waals surface area (Å²) >= 11 is 0. The molecule has 0 aromatic rings. The zero-order valence-electron chi connectivity index (χ0n) is 7.65. The van der Waals surface area contributed by atoms with E-state index < -0.39 is 0 Å². The minimum absolute atomic E-state index is 0.829. The molecule has 0 bridgehead atoms. The normalized spacial score (nSPS) is 10.4. The third kappa shape index (κ3) is 9.88. The Hall–Kier alpha value is -0.120. The molecule has 0 aromatic heterocycles. The Labute approximate surface area is 69.5 Å². The van der Waals surface area contributed by atoms with Gasteiger partial charge in [-0.25, -0.2) is 0 Å². The van der Waals surface area contributed by atoms with Crippen LogP contribution in [-0.4, -0.2) is 40.4 Å². The lowest BCUT2D eigenvalue weighted by Crippen LogP contribution is -2.15. The second-order valence-electron chi connectivity index (χ2n) is 2.53. The highest BCUT2D eigenvalue weighted by molar-refractivity contribution is 4.42. The van der Waals surface area contributed by atoms with Gasteiger partial charge in [-0.15, -0.1) is 0 Å². The number of ether oxygens (including phenoxy) is 1. The monoisotopic (exact) mass is 160 g/mol. The Morgan fingerprint density at radius 3 is 2.27 bits per heavy atom. The number of nitrogens with one attached hydrogen (secondary N) is 2. The molecule has 0 amide bonds. The molecule has 0 unspecified atom stereocenters. The predicted octanol–water partition coefficient (Wildman–Crippen LogP) is 0.222. The van der Waals surface area contributed by atoms with Crippen molar-refractivity contribution in [2.45, 2.75) is 12.8 Å². The maximum atomic E-state index is 5.33. The highest BCUT2D eigenvalue weighted by Crippen LogP contribution is 1.87. The van der Waals surface area contributed by atoms with Crippen molar-refractivity contribution in [1.29, 1.82) is 0 Å².